The fourth-order valence-electron chi connectivity index (χ4n) is 2.84. The van der Waals surface area contributed by atoms with Gasteiger partial charge in [-0.2, -0.15) is 10.1 Å². The second-order valence-electron chi connectivity index (χ2n) is 6.68. The smallest absolute Gasteiger partial charge is 0.217 e. The van der Waals surface area contributed by atoms with Gasteiger partial charge in [-0.15, -0.1) is 5.11 Å². The molecule has 6 nitrogen and oxygen atoms in total. The maximum atomic E-state index is 5.80. The van der Waals surface area contributed by atoms with Crippen molar-refractivity contribution in [1.82, 2.24) is 4.98 Å². The van der Waals surface area contributed by atoms with Crippen LogP contribution in [0.25, 0.3) is 0 Å². The number of hydrogen-bond donors (Lipinski definition) is 0. The molecule has 1 aromatic carbocycles. The molecule has 6 heteroatoms. The molecule has 0 unspecified atom stereocenters. The monoisotopic (exact) mass is 354 g/mol. The molecule has 1 aliphatic heterocycles. The first-order valence-electron chi connectivity index (χ1n) is 9.04. The van der Waals surface area contributed by atoms with Crippen molar-refractivity contribution in [3.63, 3.8) is 0 Å². The van der Waals surface area contributed by atoms with Gasteiger partial charge in [-0.3, -0.25) is 0 Å². The molecule has 2 heterocycles. The standard InChI is InChI=1S/C20H26N4O2/c1-15(2)26-20-13-18(24-7-9-25-10-8-24)12-19(22-20)23-21-14-17-6-4-5-16(3)11-17/h4-6,11-13,15H,7-10,14H2,1-3H3. The fraction of sp³-hybridized carbons (Fsp3) is 0.450. The molecule has 0 aliphatic carbocycles. The Balaban J connectivity index is 1.78. The van der Waals surface area contributed by atoms with Crippen molar-refractivity contribution in [2.24, 2.45) is 10.2 Å². The second kappa shape index (κ2) is 8.76. The number of aromatic nitrogens is 1. The van der Waals surface area contributed by atoms with Crippen molar-refractivity contribution in [3.05, 3.63) is 47.5 Å². The van der Waals surface area contributed by atoms with Crippen molar-refractivity contribution < 1.29 is 9.47 Å². The first-order valence-corrected chi connectivity index (χ1v) is 9.04. The Hall–Kier alpha value is -2.47. The summed E-state index contributed by atoms with van der Waals surface area (Å²) in [6.45, 7) is 9.74. The molecule has 1 fully saturated rings. The molecule has 3 rings (SSSR count). The SMILES string of the molecule is Cc1cccc(CN=Nc2cc(N3CCOCC3)cc(OC(C)C)n2)c1. The Bertz CT molecular complexity index is 755. The van der Waals surface area contributed by atoms with Crippen LogP contribution in [0.15, 0.2) is 46.6 Å². The third kappa shape index (κ3) is 5.26. The van der Waals surface area contributed by atoms with Crippen LogP contribution in [-0.4, -0.2) is 37.4 Å². The lowest BCUT2D eigenvalue weighted by atomic mass is 10.1. The third-order valence-corrected chi connectivity index (χ3v) is 4.01. The highest BCUT2D eigenvalue weighted by Gasteiger charge is 2.14. The molecule has 0 N–H and O–H groups in total. The minimum Gasteiger partial charge on any atom is -0.475 e. The van der Waals surface area contributed by atoms with E-state index in [0.717, 1.165) is 37.6 Å². The highest BCUT2D eigenvalue weighted by atomic mass is 16.5. The van der Waals surface area contributed by atoms with Gasteiger partial charge in [-0.05, 0) is 26.3 Å². The maximum absolute atomic E-state index is 5.80. The van der Waals surface area contributed by atoms with Crippen molar-refractivity contribution in [2.75, 3.05) is 31.2 Å². The molecule has 0 saturated carbocycles. The summed E-state index contributed by atoms with van der Waals surface area (Å²) in [6.07, 6.45) is 0.0551. The predicted octanol–water partition coefficient (Wildman–Crippen LogP) is 4.30. The van der Waals surface area contributed by atoms with Crippen LogP contribution in [0.4, 0.5) is 11.5 Å². The first kappa shape index (κ1) is 18.3. The Kier molecular flexibility index (Phi) is 6.17. The molecule has 138 valence electrons. The number of rotatable bonds is 6. The van der Waals surface area contributed by atoms with Gasteiger partial charge < -0.3 is 14.4 Å². The molecule has 0 bridgehead atoms. The zero-order valence-electron chi connectivity index (χ0n) is 15.7. The van der Waals surface area contributed by atoms with E-state index in [1.807, 2.05) is 32.0 Å². The van der Waals surface area contributed by atoms with Crippen LogP contribution < -0.4 is 9.64 Å². The third-order valence-electron chi connectivity index (χ3n) is 4.01. The van der Waals surface area contributed by atoms with Crippen LogP contribution in [0.1, 0.15) is 25.0 Å². The summed E-state index contributed by atoms with van der Waals surface area (Å²) >= 11 is 0. The summed E-state index contributed by atoms with van der Waals surface area (Å²) in [4.78, 5) is 6.74. The first-order chi connectivity index (χ1) is 12.6. The number of morpholine rings is 1. The van der Waals surface area contributed by atoms with Gasteiger partial charge in [0.1, 0.15) is 0 Å². The summed E-state index contributed by atoms with van der Waals surface area (Å²) in [7, 11) is 0. The molecule has 0 radical (unpaired) electrons. The summed E-state index contributed by atoms with van der Waals surface area (Å²) in [5.41, 5.74) is 3.40. The van der Waals surface area contributed by atoms with E-state index in [0.29, 0.717) is 18.2 Å². The normalized spacial score (nSPS) is 15.0. The van der Waals surface area contributed by atoms with Gasteiger partial charge in [0, 0.05) is 30.9 Å². The average Bonchev–Trinajstić information content (AvgIpc) is 2.62. The topological polar surface area (TPSA) is 59.3 Å². The number of ether oxygens (including phenoxy) is 2. The van der Waals surface area contributed by atoms with Crippen molar-refractivity contribution in [3.8, 4) is 5.88 Å². The quantitative estimate of drug-likeness (QED) is 0.726. The second-order valence-corrected chi connectivity index (χ2v) is 6.68. The molecule has 1 saturated heterocycles. The van der Waals surface area contributed by atoms with E-state index in [2.05, 4.69) is 45.2 Å². The van der Waals surface area contributed by atoms with Crippen molar-refractivity contribution in [1.29, 1.82) is 0 Å². The number of aryl methyl sites for hydroxylation is 1. The number of nitrogens with zero attached hydrogens (tertiary/aromatic N) is 4. The van der Waals surface area contributed by atoms with E-state index in [9.17, 15) is 0 Å². The van der Waals surface area contributed by atoms with Gasteiger partial charge in [0.15, 0.2) is 5.82 Å². The van der Waals surface area contributed by atoms with Crippen LogP contribution in [0, 0.1) is 6.92 Å². The molecule has 0 spiro atoms. The molecular formula is C20H26N4O2. The van der Waals surface area contributed by atoms with Gasteiger partial charge in [0.05, 0.1) is 25.9 Å². The van der Waals surface area contributed by atoms with Crippen LogP contribution >= 0.6 is 0 Å². The average molecular weight is 354 g/mol. The van der Waals surface area contributed by atoms with Crippen LogP contribution in [0.5, 0.6) is 5.88 Å². The summed E-state index contributed by atoms with van der Waals surface area (Å²) in [6, 6.07) is 12.2. The summed E-state index contributed by atoms with van der Waals surface area (Å²) < 4.78 is 11.2. The molecule has 26 heavy (non-hydrogen) atoms. The van der Waals surface area contributed by atoms with Crippen molar-refractivity contribution >= 4 is 11.5 Å². The fourth-order valence-corrected chi connectivity index (χ4v) is 2.84. The van der Waals surface area contributed by atoms with Crippen LogP contribution in [-0.2, 0) is 11.3 Å². The van der Waals surface area contributed by atoms with Gasteiger partial charge in [0.25, 0.3) is 0 Å². The van der Waals surface area contributed by atoms with E-state index < -0.39 is 0 Å². The zero-order chi connectivity index (χ0) is 18.4. The lowest BCUT2D eigenvalue weighted by Gasteiger charge is -2.29. The Labute approximate surface area is 154 Å². The van der Waals surface area contributed by atoms with E-state index in [1.165, 1.54) is 5.56 Å². The van der Waals surface area contributed by atoms with Gasteiger partial charge >= 0.3 is 0 Å². The molecule has 0 amide bonds. The van der Waals surface area contributed by atoms with Crippen molar-refractivity contribution in [2.45, 2.75) is 33.4 Å². The van der Waals surface area contributed by atoms with E-state index >= 15 is 0 Å². The number of benzene rings is 1. The van der Waals surface area contributed by atoms with Crippen LogP contribution in [0.2, 0.25) is 0 Å². The Morgan fingerprint density at radius 1 is 1.19 bits per heavy atom. The van der Waals surface area contributed by atoms with Gasteiger partial charge in [0.2, 0.25) is 5.88 Å². The minimum atomic E-state index is 0.0551. The minimum absolute atomic E-state index is 0.0551. The molecular weight excluding hydrogens is 328 g/mol. The van der Waals surface area contributed by atoms with Gasteiger partial charge in [-0.1, -0.05) is 29.8 Å². The summed E-state index contributed by atoms with van der Waals surface area (Å²) in [5.74, 6) is 1.14. The maximum Gasteiger partial charge on any atom is 0.217 e. The molecule has 1 aromatic heterocycles. The van der Waals surface area contributed by atoms with Crippen LogP contribution in [0.3, 0.4) is 0 Å². The van der Waals surface area contributed by atoms with E-state index in [4.69, 9.17) is 9.47 Å². The lowest BCUT2D eigenvalue weighted by Crippen LogP contribution is -2.36. The summed E-state index contributed by atoms with van der Waals surface area (Å²) in [5, 5.41) is 8.65. The number of azo groups is 1. The van der Waals surface area contributed by atoms with E-state index in [-0.39, 0.29) is 6.10 Å². The molecule has 1 aliphatic rings. The molecule has 0 atom stereocenters. The zero-order valence-corrected chi connectivity index (χ0v) is 15.7. The number of hydrogen-bond acceptors (Lipinski definition) is 6. The van der Waals surface area contributed by atoms with E-state index in [1.54, 1.807) is 0 Å². The highest BCUT2D eigenvalue weighted by molar-refractivity contribution is 5.55. The Morgan fingerprint density at radius 3 is 2.73 bits per heavy atom. The molecule has 2 aromatic rings. The predicted molar refractivity (Wildman–Crippen MR) is 102 cm³/mol. The number of anilines is 1. The lowest BCUT2D eigenvalue weighted by molar-refractivity contribution is 0.122. The largest absolute Gasteiger partial charge is 0.475 e. The highest BCUT2D eigenvalue weighted by Crippen LogP contribution is 2.27. The number of pyridine rings is 1. The van der Waals surface area contributed by atoms with Gasteiger partial charge in [-0.25, -0.2) is 0 Å². The Morgan fingerprint density at radius 2 is 2.00 bits per heavy atom.